The first-order chi connectivity index (χ1) is 10.1. The van der Waals surface area contributed by atoms with Crippen LogP contribution in [0.1, 0.15) is 34.3 Å². The Bertz CT molecular complexity index is 629. The number of amides is 1. The van der Waals surface area contributed by atoms with Crippen LogP contribution in [-0.4, -0.2) is 22.4 Å². The molecule has 0 saturated heterocycles. The molecule has 5 nitrogen and oxygen atoms in total. The van der Waals surface area contributed by atoms with Crippen LogP contribution >= 0.6 is 11.3 Å². The third kappa shape index (κ3) is 3.98. The van der Waals surface area contributed by atoms with Crippen molar-refractivity contribution in [3.8, 4) is 0 Å². The summed E-state index contributed by atoms with van der Waals surface area (Å²) in [6, 6.07) is 1.19. The van der Waals surface area contributed by atoms with Gasteiger partial charge in [-0.05, 0) is 19.4 Å². The van der Waals surface area contributed by atoms with E-state index in [1.165, 1.54) is 17.4 Å². The predicted molar refractivity (Wildman–Crippen MR) is 81.0 cm³/mol. The van der Waals surface area contributed by atoms with E-state index in [1.807, 2.05) is 13.8 Å². The van der Waals surface area contributed by atoms with Crippen molar-refractivity contribution in [2.45, 2.75) is 26.8 Å². The van der Waals surface area contributed by atoms with Crippen molar-refractivity contribution in [1.29, 1.82) is 0 Å². The Balaban J connectivity index is 2.10. The molecule has 112 valence electrons. The topological polar surface area (TPSA) is 66.9 Å². The van der Waals surface area contributed by atoms with Crippen LogP contribution in [0.4, 0.5) is 10.2 Å². The number of carbonyl (C=O) groups excluding carboxylic acids is 1. The van der Waals surface area contributed by atoms with Gasteiger partial charge in [-0.15, -0.1) is 11.3 Å². The number of pyridine rings is 1. The molecule has 0 aliphatic heterocycles. The van der Waals surface area contributed by atoms with Crippen molar-refractivity contribution in [3.63, 3.8) is 0 Å². The number of halogens is 1. The first kappa shape index (κ1) is 15.4. The molecule has 0 radical (unpaired) electrons. The van der Waals surface area contributed by atoms with Crippen LogP contribution in [0.2, 0.25) is 0 Å². The van der Waals surface area contributed by atoms with Gasteiger partial charge in [-0.3, -0.25) is 4.79 Å². The van der Waals surface area contributed by atoms with Crippen LogP contribution < -0.4 is 10.6 Å². The smallest absolute Gasteiger partial charge is 0.255 e. The molecule has 0 spiro atoms. The molecule has 21 heavy (non-hydrogen) atoms. The maximum absolute atomic E-state index is 13.3. The summed E-state index contributed by atoms with van der Waals surface area (Å²) >= 11 is 1.48. The first-order valence-corrected chi connectivity index (χ1v) is 7.56. The van der Waals surface area contributed by atoms with E-state index >= 15 is 0 Å². The molecule has 1 amide bonds. The Morgan fingerprint density at radius 2 is 2.24 bits per heavy atom. The maximum Gasteiger partial charge on any atom is 0.255 e. The molecule has 0 fully saturated rings. The Kier molecular flexibility index (Phi) is 5.21. The van der Waals surface area contributed by atoms with E-state index in [4.69, 9.17) is 0 Å². The number of anilines is 1. The van der Waals surface area contributed by atoms with Gasteiger partial charge in [0.15, 0.2) is 0 Å². The van der Waals surface area contributed by atoms with Crippen molar-refractivity contribution >= 4 is 23.1 Å². The van der Waals surface area contributed by atoms with E-state index in [9.17, 15) is 9.18 Å². The quantitative estimate of drug-likeness (QED) is 0.861. The monoisotopic (exact) mass is 308 g/mol. The molecule has 0 aliphatic carbocycles. The molecule has 0 aromatic carbocycles. The molecule has 0 unspecified atom stereocenters. The van der Waals surface area contributed by atoms with Crippen LogP contribution in [0.3, 0.4) is 0 Å². The fraction of sp³-hybridized carbons (Fsp3) is 0.357. The number of carbonyl (C=O) groups is 1. The third-order valence-corrected chi connectivity index (χ3v) is 3.83. The number of hydrogen-bond donors (Lipinski definition) is 2. The van der Waals surface area contributed by atoms with E-state index in [0.29, 0.717) is 18.9 Å². The van der Waals surface area contributed by atoms with Crippen LogP contribution in [0.15, 0.2) is 17.8 Å². The molecule has 0 bridgehead atoms. The van der Waals surface area contributed by atoms with Gasteiger partial charge in [0.25, 0.3) is 5.91 Å². The number of rotatable bonds is 6. The van der Waals surface area contributed by atoms with Crippen molar-refractivity contribution in [1.82, 2.24) is 15.3 Å². The summed E-state index contributed by atoms with van der Waals surface area (Å²) in [5.74, 6) is -0.485. The average Bonchev–Trinajstić information content (AvgIpc) is 2.88. The molecule has 0 atom stereocenters. The number of aromatic nitrogens is 2. The third-order valence-electron chi connectivity index (χ3n) is 2.90. The summed E-state index contributed by atoms with van der Waals surface area (Å²) in [6.45, 7) is 4.94. The van der Waals surface area contributed by atoms with E-state index in [-0.39, 0.29) is 11.5 Å². The number of nitrogens with zero attached hydrogens (tertiary/aromatic N) is 2. The second-order valence-corrected chi connectivity index (χ2v) is 5.46. The van der Waals surface area contributed by atoms with Gasteiger partial charge in [0, 0.05) is 11.4 Å². The Labute approximate surface area is 126 Å². The summed E-state index contributed by atoms with van der Waals surface area (Å²) in [6.07, 6.45) is 1.99. The SMILES string of the molecule is CCCNc1ncc(F)cc1C(=O)NCc1scnc1C. The van der Waals surface area contributed by atoms with Crippen LogP contribution in [0.25, 0.3) is 0 Å². The van der Waals surface area contributed by atoms with Crippen LogP contribution in [0.5, 0.6) is 0 Å². The molecular weight excluding hydrogens is 291 g/mol. The fourth-order valence-corrected chi connectivity index (χ4v) is 2.47. The highest BCUT2D eigenvalue weighted by Gasteiger charge is 2.14. The largest absolute Gasteiger partial charge is 0.369 e. The van der Waals surface area contributed by atoms with Crippen molar-refractivity contribution in [3.05, 3.63) is 39.7 Å². The van der Waals surface area contributed by atoms with E-state index in [1.54, 1.807) is 5.51 Å². The second kappa shape index (κ2) is 7.12. The second-order valence-electron chi connectivity index (χ2n) is 4.52. The van der Waals surface area contributed by atoms with Gasteiger partial charge < -0.3 is 10.6 Å². The zero-order valence-corrected chi connectivity index (χ0v) is 12.8. The van der Waals surface area contributed by atoms with Gasteiger partial charge in [-0.25, -0.2) is 14.4 Å². The molecule has 2 aromatic heterocycles. The van der Waals surface area contributed by atoms with Crippen molar-refractivity contribution in [2.24, 2.45) is 0 Å². The van der Waals surface area contributed by atoms with E-state index in [0.717, 1.165) is 23.2 Å². The van der Waals surface area contributed by atoms with Crippen LogP contribution in [0, 0.1) is 12.7 Å². The summed E-state index contributed by atoms with van der Waals surface area (Å²) in [5, 5.41) is 5.80. The summed E-state index contributed by atoms with van der Waals surface area (Å²) < 4.78 is 13.3. The minimum absolute atomic E-state index is 0.214. The number of aryl methyl sites for hydroxylation is 1. The maximum atomic E-state index is 13.3. The van der Waals surface area contributed by atoms with E-state index in [2.05, 4.69) is 20.6 Å². The summed E-state index contributed by atoms with van der Waals surface area (Å²) in [5.41, 5.74) is 2.84. The number of hydrogen-bond acceptors (Lipinski definition) is 5. The molecule has 2 N–H and O–H groups in total. The highest BCUT2D eigenvalue weighted by molar-refractivity contribution is 7.09. The molecule has 7 heteroatoms. The predicted octanol–water partition coefficient (Wildman–Crippen LogP) is 2.74. The lowest BCUT2D eigenvalue weighted by atomic mass is 10.2. The first-order valence-electron chi connectivity index (χ1n) is 6.68. The van der Waals surface area contributed by atoms with Gasteiger partial charge in [0.1, 0.15) is 11.6 Å². The standard InChI is InChI=1S/C14H17FN4OS/c1-3-4-16-13-11(5-10(15)6-17-13)14(20)18-7-12-9(2)19-8-21-12/h5-6,8H,3-4,7H2,1-2H3,(H,16,17)(H,18,20). The van der Waals surface area contributed by atoms with E-state index < -0.39 is 5.82 Å². The zero-order chi connectivity index (χ0) is 15.2. The molecule has 2 rings (SSSR count). The molecule has 0 aliphatic rings. The summed E-state index contributed by atoms with van der Waals surface area (Å²) in [7, 11) is 0. The number of nitrogens with one attached hydrogen (secondary N) is 2. The average molecular weight is 308 g/mol. The summed E-state index contributed by atoms with van der Waals surface area (Å²) in [4.78, 5) is 21.3. The van der Waals surface area contributed by atoms with Gasteiger partial charge in [0.2, 0.25) is 0 Å². The highest BCUT2D eigenvalue weighted by Crippen LogP contribution is 2.15. The molecule has 2 heterocycles. The molecular formula is C14H17FN4OS. The minimum atomic E-state index is -0.531. The van der Waals surface area contributed by atoms with Crippen LogP contribution in [-0.2, 0) is 6.54 Å². The van der Waals surface area contributed by atoms with Gasteiger partial charge in [-0.2, -0.15) is 0 Å². The normalized spacial score (nSPS) is 10.4. The van der Waals surface area contributed by atoms with Gasteiger partial charge >= 0.3 is 0 Å². The van der Waals surface area contributed by atoms with Gasteiger partial charge in [0.05, 0.1) is 29.5 Å². The Hall–Kier alpha value is -2.02. The van der Waals surface area contributed by atoms with Crippen molar-refractivity contribution < 1.29 is 9.18 Å². The number of thiazole rings is 1. The minimum Gasteiger partial charge on any atom is -0.369 e. The zero-order valence-electron chi connectivity index (χ0n) is 11.9. The Morgan fingerprint density at radius 3 is 2.90 bits per heavy atom. The highest BCUT2D eigenvalue weighted by atomic mass is 32.1. The lowest BCUT2D eigenvalue weighted by Crippen LogP contribution is -2.24. The molecule has 2 aromatic rings. The lowest BCUT2D eigenvalue weighted by Gasteiger charge is -2.10. The fourth-order valence-electron chi connectivity index (χ4n) is 1.75. The van der Waals surface area contributed by atoms with Gasteiger partial charge in [-0.1, -0.05) is 6.92 Å². The molecule has 0 saturated carbocycles. The van der Waals surface area contributed by atoms with Crippen molar-refractivity contribution in [2.75, 3.05) is 11.9 Å². The lowest BCUT2D eigenvalue weighted by molar-refractivity contribution is 0.0951. The Morgan fingerprint density at radius 1 is 1.43 bits per heavy atom.